The lowest BCUT2D eigenvalue weighted by Gasteiger charge is -2.34. The van der Waals surface area contributed by atoms with E-state index in [0.29, 0.717) is 5.92 Å². The number of nitrogens with one attached hydrogen (secondary N) is 1. The summed E-state index contributed by atoms with van der Waals surface area (Å²) in [5.74, 6) is 0.540. The van der Waals surface area contributed by atoms with Crippen LogP contribution in [0.2, 0.25) is 13.1 Å². The van der Waals surface area contributed by atoms with Gasteiger partial charge in [-0.15, -0.1) is 0 Å². The minimum absolute atomic E-state index is 0.176. The van der Waals surface area contributed by atoms with E-state index < -0.39 is 8.24 Å². The van der Waals surface area contributed by atoms with E-state index in [1.54, 1.807) is 10.8 Å². The lowest BCUT2D eigenvalue weighted by Crippen LogP contribution is -2.55. The summed E-state index contributed by atoms with van der Waals surface area (Å²) in [4.78, 5) is 3.89. The van der Waals surface area contributed by atoms with E-state index in [1.165, 1.54) is 5.57 Å². The number of allylic oxidation sites excluding steroid dienone is 8. The molecule has 0 heterocycles. The molecule has 2 aliphatic carbocycles. The Kier molecular flexibility index (Phi) is 3.76. The lowest BCUT2D eigenvalue weighted by molar-refractivity contribution is 0.514. The van der Waals surface area contributed by atoms with Gasteiger partial charge in [-0.05, 0) is 38.0 Å². The van der Waals surface area contributed by atoms with Crippen LogP contribution in [0.5, 0.6) is 0 Å². The van der Waals surface area contributed by atoms with Gasteiger partial charge in [0.2, 0.25) is 0 Å². The van der Waals surface area contributed by atoms with Gasteiger partial charge in [-0.2, -0.15) is 0 Å². The van der Waals surface area contributed by atoms with E-state index in [-0.39, 0.29) is 5.54 Å². The molecule has 0 radical (unpaired) electrons. The molecule has 1 atom stereocenters. The largest absolute Gasteiger partial charge is 0.329 e. The molecule has 0 fully saturated rings. The highest BCUT2D eigenvalue weighted by molar-refractivity contribution is 6.83. The molecule has 19 heavy (non-hydrogen) atoms. The average molecular weight is 273 g/mol. The first-order valence-electron chi connectivity index (χ1n) is 7.34. The Morgan fingerprint density at radius 2 is 1.89 bits per heavy atom. The van der Waals surface area contributed by atoms with Gasteiger partial charge in [0.25, 0.3) is 0 Å². The molecule has 0 spiro atoms. The summed E-state index contributed by atoms with van der Waals surface area (Å²) >= 11 is 0. The molecule has 0 aromatic rings. The highest BCUT2D eigenvalue weighted by Gasteiger charge is 2.36. The molecule has 0 saturated carbocycles. The predicted molar refractivity (Wildman–Crippen MR) is 87.5 cm³/mol. The Morgan fingerprint density at radius 3 is 2.47 bits per heavy atom. The molecule has 2 rings (SSSR count). The standard InChI is InChI=1S/C17H27NSi/c1-7-13-12-16(15-11-9-8-10-14(13)15)19(5,6)18-17(2,3)4/h8-12,14,18H,7H2,1-6H3. The lowest BCUT2D eigenvalue weighted by atomic mass is 9.91. The molecule has 104 valence electrons. The Balaban J connectivity index is 2.39. The SMILES string of the molecule is CCC1=CC([Si](C)(C)NC(C)(C)C)=C2C=CC=CC12. The van der Waals surface area contributed by atoms with Crippen molar-refractivity contribution in [2.24, 2.45) is 5.92 Å². The average Bonchev–Trinajstić information content (AvgIpc) is 2.65. The van der Waals surface area contributed by atoms with Crippen LogP contribution in [0.15, 0.2) is 46.7 Å². The van der Waals surface area contributed by atoms with Crippen LogP contribution in [0.3, 0.4) is 0 Å². The van der Waals surface area contributed by atoms with Crippen molar-refractivity contribution in [2.75, 3.05) is 0 Å². The molecule has 0 aromatic heterocycles. The Hall–Kier alpha value is -0.863. The Labute approximate surface area is 119 Å². The normalized spacial score (nSPS) is 22.8. The first-order chi connectivity index (χ1) is 8.74. The van der Waals surface area contributed by atoms with Crippen molar-refractivity contribution < 1.29 is 0 Å². The van der Waals surface area contributed by atoms with E-state index in [9.17, 15) is 0 Å². The van der Waals surface area contributed by atoms with Gasteiger partial charge in [0.15, 0.2) is 8.24 Å². The van der Waals surface area contributed by atoms with Crippen LogP contribution in [0.1, 0.15) is 34.1 Å². The van der Waals surface area contributed by atoms with Gasteiger partial charge >= 0.3 is 0 Å². The maximum absolute atomic E-state index is 3.89. The second-order valence-electron chi connectivity index (χ2n) is 7.16. The van der Waals surface area contributed by atoms with Crippen molar-refractivity contribution in [1.29, 1.82) is 0 Å². The molecule has 2 heteroatoms. The van der Waals surface area contributed by atoms with Gasteiger partial charge in [-0.1, -0.05) is 56.0 Å². The second-order valence-corrected chi connectivity index (χ2v) is 11.2. The van der Waals surface area contributed by atoms with Crippen LogP contribution in [-0.4, -0.2) is 13.8 Å². The van der Waals surface area contributed by atoms with Crippen LogP contribution >= 0.6 is 0 Å². The van der Waals surface area contributed by atoms with Crippen molar-refractivity contribution in [3.8, 4) is 0 Å². The van der Waals surface area contributed by atoms with Gasteiger partial charge in [0.1, 0.15) is 0 Å². The number of rotatable bonds is 3. The molecule has 1 nitrogen and oxygen atoms in total. The smallest absolute Gasteiger partial charge is 0.152 e. The molecular formula is C17H27NSi. The fourth-order valence-corrected chi connectivity index (χ4v) is 6.87. The van der Waals surface area contributed by atoms with E-state index >= 15 is 0 Å². The summed E-state index contributed by atoms with van der Waals surface area (Å²) in [5.41, 5.74) is 3.28. The summed E-state index contributed by atoms with van der Waals surface area (Å²) in [6, 6.07) is 0. The van der Waals surface area contributed by atoms with Crippen LogP contribution < -0.4 is 4.98 Å². The first-order valence-corrected chi connectivity index (χ1v) is 10.3. The fraction of sp³-hybridized carbons (Fsp3) is 0.529. The monoisotopic (exact) mass is 273 g/mol. The highest BCUT2D eigenvalue weighted by atomic mass is 28.3. The summed E-state index contributed by atoms with van der Waals surface area (Å²) < 4.78 is 0. The van der Waals surface area contributed by atoms with Crippen molar-refractivity contribution in [3.05, 3.63) is 46.7 Å². The van der Waals surface area contributed by atoms with Gasteiger partial charge in [-0.3, -0.25) is 0 Å². The molecule has 0 saturated heterocycles. The van der Waals surface area contributed by atoms with E-state index in [4.69, 9.17) is 0 Å². The highest BCUT2D eigenvalue weighted by Crippen LogP contribution is 2.40. The molecule has 1 N–H and O–H groups in total. The number of fused-ring (bicyclic) bond motifs is 1. The third-order valence-corrected chi connectivity index (χ3v) is 6.99. The van der Waals surface area contributed by atoms with Crippen molar-refractivity contribution in [3.63, 3.8) is 0 Å². The Bertz CT molecular complexity index is 484. The number of hydrogen-bond acceptors (Lipinski definition) is 1. The molecule has 1 unspecified atom stereocenters. The Morgan fingerprint density at radius 1 is 1.21 bits per heavy atom. The van der Waals surface area contributed by atoms with E-state index in [2.05, 4.69) is 76.2 Å². The van der Waals surface area contributed by atoms with Gasteiger partial charge in [0, 0.05) is 11.5 Å². The molecule has 0 aromatic carbocycles. The topological polar surface area (TPSA) is 12.0 Å². The summed E-state index contributed by atoms with van der Waals surface area (Å²) in [6.07, 6.45) is 12.7. The summed E-state index contributed by atoms with van der Waals surface area (Å²) in [5, 5.41) is 1.59. The predicted octanol–water partition coefficient (Wildman–Crippen LogP) is 4.51. The van der Waals surface area contributed by atoms with Crippen molar-refractivity contribution in [1.82, 2.24) is 4.98 Å². The first kappa shape index (κ1) is 14.5. The van der Waals surface area contributed by atoms with Crippen LogP contribution in [0, 0.1) is 5.92 Å². The summed E-state index contributed by atoms with van der Waals surface area (Å²) in [7, 11) is -1.60. The van der Waals surface area contributed by atoms with E-state index in [0.717, 1.165) is 6.42 Å². The maximum Gasteiger partial charge on any atom is 0.152 e. The molecule has 2 aliphatic rings. The van der Waals surface area contributed by atoms with Crippen LogP contribution in [-0.2, 0) is 0 Å². The molecule has 0 amide bonds. The molecule has 0 aliphatic heterocycles. The minimum atomic E-state index is -1.60. The third kappa shape index (κ3) is 3.01. The zero-order chi connectivity index (χ0) is 14.3. The maximum atomic E-state index is 3.89. The van der Waals surface area contributed by atoms with Crippen LogP contribution in [0.4, 0.5) is 0 Å². The van der Waals surface area contributed by atoms with Crippen molar-refractivity contribution >= 4 is 8.24 Å². The van der Waals surface area contributed by atoms with Gasteiger partial charge < -0.3 is 4.98 Å². The third-order valence-electron chi connectivity index (χ3n) is 3.83. The summed E-state index contributed by atoms with van der Waals surface area (Å²) in [6.45, 7) is 13.9. The number of hydrogen-bond donors (Lipinski definition) is 1. The van der Waals surface area contributed by atoms with Gasteiger partial charge in [0.05, 0.1) is 0 Å². The van der Waals surface area contributed by atoms with Crippen molar-refractivity contribution in [2.45, 2.75) is 52.7 Å². The second kappa shape index (κ2) is 4.91. The fourth-order valence-electron chi connectivity index (χ4n) is 3.35. The minimum Gasteiger partial charge on any atom is -0.329 e. The zero-order valence-corrected chi connectivity index (χ0v) is 14.2. The van der Waals surface area contributed by atoms with E-state index in [1.807, 2.05) is 0 Å². The molecule has 0 bridgehead atoms. The van der Waals surface area contributed by atoms with Gasteiger partial charge in [-0.25, -0.2) is 0 Å². The zero-order valence-electron chi connectivity index (χ0n) is 13.2. The quantitative estimate of drug-likeness (QED) is 0.746. The van der Waals surface area contributed by atoms with Crippen LogP contribution in [0.25, 0.3) is 0 Å². The molecular weight excluding hydrogens is 246 g/mol.